The van der Waals surface area contributed by atoms with E-state index in [4.69, 9.17) is 0 Å². The summed E-state index contributed by atoms with van der Waals surface area (Å²) in [6, 6.07) is 12.3. The van der Waals surface area contributed by atoms with E-state index in [0.29, 0.717) is 5.92 Å². The Morgan fingerprint density at radius 3 is 1.29 bits per heavy atom. The van der Waals surface area contributed by atoms with Gasteiger partial charge in [0.2, 0.25) is 0 Å². The standard InChI is InChI=1S/C35H56/c1-23(19-24-20-25(31(2,3)4)22-26(21-24)32(5,6)7)27-17-18-28(33(8,9)10)30(35(14,15)16)29(27)34(11,12)13/h17-18,20-23H,19H2,1-16H3. The van der Waals surface area contributed by atoms with E-state index >= 15 is 0 Å². The first-order valence-electron chi connectivity index (χ1n) is 13.8. The lowest BCUT2D eigenvalue weighted by Crippen LogP contribution is -2.30. The largest absolute Gasteiger partial charge is 0.0581 e. The summed E-state index contributed by atoms with van der Waals surface area (Å²) in [7, 11) is 0. The number of hydrogen-bond acceptors (Lipinski definition) is 0. The molecular formula is C35H56. The van der Waals surface area contributed by atoms with Crippen LogP contribution in [0.3, 0.4) is 0 Å². The van der Waals surface area contributed by atoms with Crippen molar-refractivity contribution in [3.63, 3.8) is 0 Å². The average Bonchev–Trinajstić information content (AvgIpc) is 2.63. The quantitative estimate of drug-likeness (QED) is 0.413. The van der Waals surface area contributed by atoms with Crippen molar-refractivity contribution in [1.82, 2.24) is 0 Å². The Morgan fingerprint density at radius 2 is 0.943 bits per heavy atom. The van der Waals surface area contributed by atoms with Crippen molar-refractivity contribution < 1.29 is 0 Å². The molecular weight excluding hydrogens is 420 g/mol. The van der Waals surface area contributed by atoms with Crippen molar-refractivity contribution >= 4 is 0 Å². The molecule has 0 amide bonds. The van der Waals surface area contributed by atoms with Crippen LogP contribution in [-0.4, -0.2) is 0 Å². The van der Waals surface area contributed by atoms with Crippen molar-refractivity contribution in [3.05, 3.63) is 69.3 Å². The molecule has 2 rings (SSSR count). The number of hydrogen-bond donors (Lipinski definition) is 0. The van der Waals surface area contributed by atoms with Gasteiger partial charge in [0, 0.05) is 0 Å². The maximum atomic E-state index is 2.47. The minimum absolute atomic E-state index is 0.0806. The Balaban J connectivity index is 2.75. The van der Waals surface area contributed by atoms with Crippen LogP contribution in [-0.2, 0) is 33.5 Å². The first kappa shape index (κ1) is 29.7. The Morgan fingerprint density at radius 1 is 0.514 bits per heavy atom. The fraction of sp³-hybridized carbons (Fsp3) is 0.657. The first-order valence-corrected chi connectivity index (χ1v) is 13.8. The van der Waals surface area contributed by atoms with Crippen LogP contribution in [0.25, 0.3) is 0 Å². The zero-order valence-corrected chi connectivity index (χ0v) is 26.2. The van der Waals surface area contributed by atoms with E-state index in [2.05, 4.69) is 141 Å². The third-order valence-corrected chi connectivity index (χ3v) is 7.34. The van der Waals surface area contributed by atoms with Crippen LogP contribution in [0.5, 0.6) is 0 Å². The SMILES string of the molecule is CC(Cc1cc(C(C)(C)C)cc(C(C)(C)C)c1)c1ccc(C(C)(C)C)c(C(C)(C)C)c1C(C)(C)C. The molecule has 0 bridgehead atoms. The van der Waals surface area contributed by atoms with Crippen LogP contribution in [0.4, 0.5) is 0 Å². The predicted molar refractivity (Wildman–Crippen MR) is 159 cm³/mol. The monoisotopic (exact) mass is 476 g/mol. The van der Waals surface area contributed by atoms with Crippen molar-refractivity contribution in [2.45, 2.75) is 150 Å². The second-order valence-electron chi connectivity index (χ2n) is 16.2. The molecule has 2 aromatic rings. The molecule has 0 radical (unpaired) electrons. The van der Waals surface area contributed by atoms with Crippen LogP contribution in [0.1, 0.15) is 156 Å². The van der Waals surface area contributed by atoms with Crippen LogP contribution in [0.2, 0.25) is 0 Å². The Hall–Kier alpha value is -1.56. The molecule has 0 aliphatic heterocycles. The molecule has 0 N–H and O–H groups in total. The molecule has 1 unspecified atom stereocenters. The zero-order chi connectivity index (χ0) is 27.4. The molecule has 1 atom stereocenters. The van der Waals surface area contributed by atoms with Gasteiger partial charge in [0.1, 0.15) is 0 Å². The molecule has 0 heteroatoms. The minimum atomic E-state index is 0.0806. The van der Waals surface area contributed by atoms with Crippen LogP contribution in [0.15, 0.2) is 30.3 Å². The lowest BCUT2D eigenvalue weighted by atomic mass is 9.66. The third kappa shape index (κ3) is 7.02. The van der Waals surface area contributed by atoms with Crippen LogP contribution >= 0.6 is 0 Å². The summed E-state index contributed by atoms with van der Waals surface area (Å²) in [5.74, 6) is 0.447. The minimum Gasteiger partial charge on any atom is -0.0581 e. The lowest BCUT2D eigenvalue weighted by Gasteiger charge is -2.39. The molecule has 0 saturated heterocycles. The molecule has 0 heterocycles. The molecule has 0 aliphatic carbocycles. The molecule has 0 aromatic heterocycles. The maximum absolute atomic E-state index is 2.47. The van der Waals surface area contributed by atoms with Gasteiger partial charge in [0.05, 0.1) is 0 Å². The van der Waals surface area contributed by atoms with Gasteiger partial charge in [-0.2, -0.15) is 0 Å². The maximum Gasteiger partial charge on any atom is -0.0126 e. The van der Waals surface area contributed by atoms with Crippen molar-refractivity contribution in [1.29, 1.82) is 0 Å². The summed E-state index contributed by atoms with van der Waals surface area (Å²) in [4.78, 5) is 0. The average molecular weight is 477 g/mol. The van der Waals surface area contributed by atoms with Crippen molar-refractivity contribution in [3.8, 4) is 0 Å². The summed E-state index contributed by atoms with van der Waals surface area (Å²) in [6.45, 7) is 37.9. The third-order valence-electron chi connectivity index (χ3n) is 7.34. The van der Waals surface area contributed by atoms with Gasteiger partial charge in [-0.15, -0.1) is 0 Å². The summed E-state index contributed by atoms with van der Waals surface area (Å²) in [6.07, 6.45) is 1.06. The zero-order valence-electron chi connectivity index (χ0n) is 26.2. The van der Waals surface area contributed by atoms with E-state index in [1.807, 2.05) is 0 Å². The van der Waals surface area contributed by atoms with Gasteiger partial charge in [-0.25, -0.2) is 0 Å². The molecule has 0 nitrogen and oxygen atoms in total. The van der Waals surface area contributed by atoms with E-state index < -0.39 is 0 Å². The predicted octanol–water partition coefficient (Wildman–Crippen LogP) is 10.5. The molecule has 196 valence electrons. The molecule has 0 fully saturated rings. The smallest absolute Gasteiger partial charge is 0.0126 e. The lowest BCUT2D eigenvalue weighted by molar-refractivity contribution is 0.490. The van der Waals surface area contributed by atoms with E-state index in [-0.39, 0.29) is 27.1 Å². The summed E-state index contributed by atoms with van der Waals surface area (Å²) in [5.41, 5.74) is 11.1. The Bertz CT molecular complexity index is 996. The van der Waals surface area contributed by atoms with Gasteiger partial charge in [0.25, 0.3) is 0 Å². The molecule has 0 saturated carbocycles. The fourth-order valence-corrected chi connectivity index (χ4v) is 5.38. The highest BCUT2D eigenvalue weighted by atomic mass is 14.4. The van der Waals surface area contributed by atoms with Gasteiger partial charge >= 0.3 is 0 Å². The highest BCUT2D eigenvalue weighted by Crippen LogP contribution is 2.45. The number of rotatable bonds is 3. The fourth-order valence-electron chi connectivity index (χ4n) is 5.38. The molecule has 0 aliphatic rings. The normalized spacial score (nSPS) is 14.9. The van der Waals surface area contributed by atoms with Gasteiger partial charge in [-0.05, 0) is 78.4 Å². The van der Waals surface area contributed by atoms with Crippen molar-refractivity contribution in [2.24, 2.45) is 0 Å². The van der Waals surface area contributed by atoms with Crippen LogP contribution < -0.4 is 0 Å². The first-order chi connectivity index (χ1) is 15.4. The number of benzene rings is 2. The molecule has 2 aromatic carbocycles. The van der Waals surface area contributed by atoms with Gasteiger partial charge in [-0.3, -0.25) is 0 Å². The molecule has 0 spiro atoms. The van der Waals surface area contributed by atoms with Crippen molar-refractivity contribution in [2.75, 3.05) is 0 Å². The van der Waals surface area contributed by atoms with Gasteiger partial charge in [0.15, 0.2) is 0 Å². The topological polar surface area (TPSA) is 0 Å². The van der Waals surface area contributed by atoms with E-state index in [1.165, 1.54) is 27.8 Å². The highest BCUT2D eigenvalue weighted by molar-refractivity contribution is 5.52. The highest BCUT2D eigenvalue weighted by Gasteiger charge is 2.34. The summed E-state index contributed by atoms with van der Waals surface area (Å²) < 4.78 is 0. The Labute approximate surface area is 219 Å². The second kappa shape index (κ2) is 9.39. The van der Waals surface area contributed by atoms with E-state index in [9.17, 15) is 0 Å². The van der Waals surface area contributed by atoms with Crippen LogP contribution in [0, 0.1) is 0 Å². The summed E-state index contributed by atoms with van der Waals surface area (Å²) >= 11 is 0. The van der Waals surface area contributed by atoms with E-state index in [1.54, 1.807) is 11.1 Å². The van der Waals surface area contributed by atoms with Gasteiger partial charge in [-0.1, -0.05) is 141 Å². The van der Waals surface area contributed by atoms with E-state index in [0.717, 1.165) is 6.42 Å². The van der Waals surface area contributed by atoms with Gasteiger partial charge < -0.3 is 0 Å². The second-order valence-corrected chi connectivity index (χ2v) is 16.2. The molecule has 35 heavy (non-hydrogen) atoms. The Kier molecular flexibility index (Phi) is 7.96. The summed E-state index contributed by atoms with van der Waals surface area (Å²) in [5, 5.41) is 0.